The summed E-state index contributed by atoms with van der Waals surface area (Å²) in [6, 6.07) is 8.83. The van der Waals surface area contributed by atoms with Gasteiger partial charge in [0, 0.05) is 50.1 Å². The maximum absolute atomic E-state index is 14.2. The number of nitrogens with one attached hydrogen (secondary N) is 2. The third-order valence-electron chi connectivity index (χ3n) is 7.94. The van der Waals surface area contributed by atoms with Crippen LogP contribution >= 0.6 is 0 Å². The van der Waals surface area contributed by atoms with Crippen molar-refractivity contribution < 1.29 is 42.1 Å². The maximum atomic E-state index is 14.2. The molecule has 0 aromatic heterocycles. The summed E-state index contributed by atoms with van der Waals surface area (Å²) in [4.78, 5) is 28.7. The Hall–Kier alpha value is -3.59. The van der Waals surface area contributed by atoms with Gasteiger partial charge < -0.3 is 39.6 Å². The number of benzene rings is 2. The zero-order valence-electron chi connectivity index (χ0n) is 26.4. The van der Waals surface area contributed by atoms with Crippen LogP contribution in [0.15, 0.2) is 36.4 Å². The van der Waals surface area contributed by atoms with Gasteiger partial charge in [-0.2, -0.15) is 0 Å². The Balaban J connectivity index is 1.61. The van der Waals surface area contributed by atoms with Crippen LogP contribution in [0.3, 0.4) is 0 Å². The van der Waals surface area contributed by atoms with E-state index in [1.807, 2.05) is 13.8 Å². The number of urea groups is 1. The summed E-state index contributed by atoms with van der Waals surface area (Å²) in [7, 11) is -1.95. The summed E-state index contributed by atoms with van der Waals surface area (Å²) >= 11 is 0. The van der Waals surface area contributed by atoms with Crippen molar-refractivity contribution in [1.29, 1.82) is 0 Å². The number of hydrogen-bond donors (Lipinski definition) is 3. The van der Waals surface area contributed by atoms with Crippen molar-refractivity contribution in [3.05, 3.63) is 42.0 Å². The second-order valence-corrected chi connectivity index (χ2v) is 13.8. The van der Waals surface area contributed by atoms with Gasteiger partial charge in [0.1, 0.15) is 5.75 Å². The first kappa shape index (κ1) is 34.3. The molecule has 0 radical (unpaired) electrons. The van der Waals surface area contributed by atoms with Crippen molar-refractivity contribution in [3.63, 3.8) is 0 Å². The van der Waals surface area contributed by atoms with Gasteiger partial charge in [-0.25, -0.2) is 17.5 Å². The van der Waals surface area contributed by atoms with E-state index in [1.165, 1.54) is 16.3 Å². The largest absolute Gasteiger partial charge is 0.490 e. The molecule has 45 heavy (non-hydrogen) atoms. The normalized spacial score (nSPS) is 21.8. The van der Waals surface area contributed by atoms with Crippen LogP contribution < -0.4 is 24.8 Å². The Bertz CT molecular complexity index is 1450. The first-order valence-electron chi connectivity index (χ1n) is 15.1. The number of rotatable bonds is 7. The third kappa shape index (κ3) is 9.22. The number of fused-ring (bicyclic) bond motifs is 2. The Morgan fingerprint density at radius 2 is 1.73 bits per heavy atom. The molecule has 4 rings (SSSR count). The summed E-state index contributed by atoms with van der Waals surface area (Å²) in [5.41, 5.74) is 1.08. The lowest BCUT2D eigenvalue weighted by molar-refractivity contribution is -0.00828. The summed E-state index contributed by atoms with van der Waals surface area (Å²) in [6.45, 7) is 6.11. The number of ether oxygens (including phenoxy) is 4. The number of amides is 3. The average molecular weight is 649 g/mol. The second kappa shape index (κ2) is 15.1. The van der Waals surface area contributed by atoms with Crippen LogP contribution in [0, 0.1) is 5.92 Å². The third-order valence-corrected chi connectivity index (χ3v) is 9.22. The van der Waals surface area contributed by atoms with Crippen molar-refractivity contribution in [1.82, 2.24) is 9.21 Å². The molecular formula is C31H44N4O9S. The number of carbonyl (C=O) groups is 2. The average Bonchev–Trinajstić information content (AvgIpc) is 3.46. The Morgan fingerprint density at radius 1 is 1.07 bits per heavy atom. The van der Waals surface area contributed by atoms with Crippen LogP contribution in [0.5, 0.6) is 17.2 Å². The quantitative estimate of drug-likeness (QED) is 0.407. The SMILES string of the molecule is C[C@@H]1CCCCO[C@H](CN(C)S(C)(=O)=O)[C@@H](C)CN([C@@H](C)CO)C(=O)c2cc(NC(=O)Nc3ccc4c(c3)OCO4)ccc2O1. The molecule has 13 nitrogen and oxygen atoms in total. The smallest absolute Gasteiger partial charge is 0.323 e. The first-order chi connectivity index (χ1) is 21.3. The molecule has 0 fully saturated rings. The molecule has 3 amide bonds. The van der Waals surface area contributed by atoms with Crippen LogP contribution in [0.1, 0.15) is 50.4 Å². The monoisotopic (exact) mass is 648 g/mol. The summed E-state index contributed by atoms with van der Waals surface area (Å²) in [6.07, 6.45) is 2.69. The Labute approximate surface area is 264 Å². The number of anilines is 2. The van der Waals surface area contributed by atoms with Crippen LogP contribution in [-0.2, 0) is 14.8 Å². The minimum Gasteiger partial charge on any atom is -0.490 e. The van der Waals surface area contributed by atoms with Gasteiger partial charge in [0.15, 0.2) is 11.5 Å². The molecule has 0 saturated heterocycles. The number of hydrogen-bond acceptors (Lipinski definition) is 9. The molecule has 0 unspecified atom stereocenters. The molecule has 0 aliphatic carbocycles. The zero-order chi connectivity index (χ0) is 32.7. The van der Waals surface area contributed by atoms with Crippen LogP contribution in [0.2, 0.25) is 0 Å². The molecule has 2 aliphatic heterocycles. The highest BCUT2D eigenvalue weighted by atomic mass is 32.2. The van der Waals surface area contributed by atoms with Gasteiger partial charge >= 0.3 is 6.03 Å². The highest BCUT2D eigenvalue weighted by Gasteiger charge is 2.31. The molecular weight excluding hydrogens is 604 g/mol. The zero-order valence-corrected chi connectivity index (χ0v) is 27.3. The number of aliphatic hydroxyl groups excluding tert-OH is 1. The molecule has 4 atom stereocenters. The van der Waals surface area contributed by atoms with Crippen LogP contribution in [0.4, 0.5) is 16.2 Å². The van der Waals surface area contributed by atoms with E-state index in [2.05, 4.69) is 10.6 Å². The minimum absolute atomic E-state index is 0.116. The van der Waals surface area contributed by atoms with Gasteiger partial charge in [0.25, 0.3) is 5.91 Å². The van der Waals surface area contributed by atoms with E-state index in [4.69, 9.17) is 18.9 Å². The van der Waals surface area contributed by atoms with Gasteiger partial charge in [0.2, 0.25) is 16.8 Å². The molecule has 2 heterocycles. The van der Waals surface area contributed by atoms with Gasteiger partial charge in [0.05, 0.1) is 36.7 Å². The van der Waals surface area contributed by atoms with Crippen molar-refractivity contribution in [2.45, 2.75) is 58.3 Å². The van der Waals surface area contributed by atoms with Gasteiger partial charge in [-0.3, -0.25) is 4.79 Å². The predicted molar refractivity (Wildman–Crippen MR) is 170 cm³/mol. The highest BCUT2D eigenvalue weighted by molar-refractivity contribution is 7.88. The summed E-state index contributed by atoms with van der Waals surface area (Å²) in [5.74, 6) is 0.790. The van der Waals surface area contributed by atoms with E-state index in [0.717, 1.165) is 19.1 Å². The fourth-order valence-electron chi connectivity index (χ4n) is 5.12. The molecule has 2 aromatic carbocycles. The molecule has 0 saturated carbocycles. The predicted octanol–water partition coefficient (Wildman–Crippen LogP) is 3.75. The van der Waals surface area contributed by atoms with E-state index in [9.17, 15) is 23.1 Å². The fraction of sp³-hybridized carbons (Fsp3) is 0.548. The van der Waals surface area contributed by atoms with E-state index in [0.29, 0.717) is 41.7 Å². The molecule has 2 aliphatic rings. The molecule has 14 heteroatoms. The number of likely N-dealkylation sites (N-methyl/N-ethyl adjacent to an activating group) is 1. The van der Waals surface area contributed by atoms with Crippen molar-refractivity contribution in [2.75, 3.05) is 57.0 Å². The van der Waals surface area contributed by atoms with E-state index >= 15 is 0 Å². The molecule has 3 N–H and O–H groups in total. The van der Waals surface area contributed by atoms with Crippen LogP contribution in [0.25, 0.3) is 0 Å². The minimum atomic E-state index is -3.45. The number of sulfonamides is 1. The fourth-order valence-corrected chi connectivity index (χ4v) is 5.54. The van der Waals surface area contributed by atoms with Crippen molar-refractivity contribution in [2.24, 2.45) is 5.92 Å². The lowest BCUT2D eigenvalue weighted by atomic mass is 10.0. The van der Waals surface area contributed by atoms with Gasteiger partial charge in [-0.1, -0.05) is 6.92 Å². The van der Waals surface area contributed by atoms with Gasteiger partial charge in [-0.05, 0) is 63.4 Å². The molecule has 248 valence electrons. The Kier molecular flexibility index (Phi) is 11.5. The number of carbonyl (C=O) groups excluding carboxylic acids is 2. The maximum Gasteiger partial charge on any atom is 0.323 e. The van der Waals surface area contributed by atoms with E-state index < -0.39 is 34.1 Å². The van der Waals surface area contributed by atoms with Crippen molar-refractivity contribution in [3.8, 4) is 17.2 Å². The van der Waals surface area contributed by atoms with Crippen molar-refractivity contribution >= 4 is 33.3 Å². The van der Waals surface area contributed by atoms with Crippen LogP contribution in [-0.4, -0.2) is 99.3 Å². The second-order valence-electron chi connectivity index (χ2n) is 11.7. The van der Waals surface area contributed by atoms with E-state index in [-0.39, 0.29) is 44.1 Å². The van der Waals surface area contributed by atoms with Gasteiger partial charge in [-0.15, -0.1) is 0 Å². The topological polar surface area (TPSA) is 156 Å². The number of aliphatic hydroxyl groups is 1. The molecule has 0 spiro atoms. The molecule has 2 aromatic rings. The number of nitrogens with zero attached hydrogens (tertiary/aromatic N) is 2. The Morgan fingerprint density at radius 3 is 2.42 bits per heavy atom. The first-order valence-corrected chi connectivity index (χ1v) is 16.9. The lowest BCUT2D eigenvalue weighted by Gasteiger charge is -2.35. The summed E-state index contributed by atoms with van der Waals surface area (Å²) < 4.78 is 48.7. The molecule has 0 bridgehead atoms. The summed E-state index contributed by atoms with van der Waals surface area (Å²) in [5, 5.41) is 15.6. The van der Waals surface area contributed by atoms with E-state index in [1.54, 1.807) is 43.3 Å². The highest BCUT2D eigenvalue weighted by Crippen LogP contribution is 2.34. The standard InChI is InChI=1S/C31H44N4O9S/c1-20-16-35(21(2)18-36)30(37)25-14-23(32-31(38)33-24-10-12-27-28(15-24)43-19-42-27)9-11-26(25)44-22(3)8-6-7-13-41-29(20)17-34(4)45(5,39)40/h9-12,14-15,20-22,29,36H,6-8,13,16-19H2,1-5H3,(H2,32,33,38)/t20-,21-,22+,29+/m0/s1. The lowest BCUT2D eigenvalue weighted by Crippen LogP contribution is -2.47.